The van der Waals surface area contributed by atoms with Crippen molar-refractivity contribution in [3.63, 3.8) is 0 Å². The number of para-hydroxylation sites is 1. The van der Waals surface area contributed by atoms with Crippen LogP contribution in [-0.4, -0.2) is 35.6 Å². The van der Waals surface area contributed by atoms with Crippen molar-refractivity contribution in [3.05, 3.63) is 45.8 Å². The first-order valence-corrected chi connectivity index (χ1v) is 7.04. The average Bonchev–Trinajstić information content (AvgIpc) is 2.96. The van der Waals surface area contributed by atoms with E-state index in [1.165, 1.54) is 0 Å². The van der Waals surface area contributed by atoms with Gasteiger partial charge in [0.15, 0.2) is 0 Å². The van der Waals surface area contributed by atoms with E-state index in [-0.39, 0.29) is 24.0 Å². The molecule has 0 spiro atoms. The van der Waals surface area contributed by atoms with Crippen LogP contribution in [0.25, 0.3) is 11.0 Å². The van der Waals surface area contributed by atoms with Gasteiger partial charge in [0.2, 0.25) is 0 Å². The summed E-state index contributed by atoms with van der Waals surface area (Å²) >= 11 is 0. The zero-order valence-corrected chi connectivity index (χ0v) is 11.8. The largest absolute Gasteiger partial charge is 0.422 e. The van der Waals surface area contributed by atoms with Gasteiger partial charge in [0, 0.05) is 31.0 Å². The molecular weight excluding hydrogens is 270 g/mol. The molecule has 21 heavy (non-hydrogen) atoms. The van der Waals surface area contributed by atoms with Crippen LogP contribution in [0.4, 0.5) is 0 Å². The molecule has 0 bridgehead atoms. The van der Waals surface area contributed by atoms with Crippen molar-refractivity contribution in [3.8, 4) is 0 Å². The second-order valence-corrected chi connectivity index (χ2v) is 5.47. The van der Waals surface area contributed by atoms with Crippen LogP contribution in [0.2, 0.25) is 0 Å². The predicted octanol–water partition coefficient (Wildman–Crippen LogP) is 1.56. The van der Waals surface area contributed by atoms with E-state index in [2.05, 4.69) is 0 Å². The number of rotatable bonds is 2. The summed E-state index contributed by atoms with van der Waals surface area (Å²) in [6.45, 7) is 2.89. The van der Waals surface area contributed by atoms with E-state index in [1.54, 1.807) is 24.0 Å². The first-order valence-electron chi connectivity index (χ1n) is 7.04. The molecule has 1 saturated heterocycles. The highest BCUT2D eigenvalue weighted by atomic mass is 16.4. The molecule has 5 nitrogen and oxygen atoms in total. The maximum atomic E-state index is 12.6. The van der Waals surface area contributed by atoms with Crippen molar-refractivity contribution >= 4 is 16.9 Å². The number of carbonyl (C=O) groups is 1. The molecule has 1 aromatic carbocycles. The molecule has 5 heteroatoms. The predicted molar refractivity (Wildman–Crippen MR) is 78.3 cm³/mol. The third kappa shape index (κ3) is 2.34. The molecule has 1 amide bonds. The van der Waals surface area contributed by atoms with Gasteiger partial charge in [-0.05, 0) is 25.0 Å². The number of likely N-dealkylation sites (tertiary alicyclic amines) is 1. The highest BCUT2D eigenvalue weighted by Crippen LogP contribution is 2.22. The highest BCUT2D eigenvalue weighted by Gasteiger charge is 2.29. The van der Waals surface area contributed by atoms with E-state index < -0.39 is 5.63 Å². The van der Waals surface area contributed by atoms with Gasteiger partial charge in [-0.15, -0.1) is 0 Å². The van der Waals surface area contributed by atoms with Crippen LogP contribution in [-0.2, 0) is 0 Å². The Morgan fingerprint density at radius 2 is 2.19 bits per heavy atom. The van der Waals surface area contributed by atoms with Crippen LogP contribution < -0.4 is 5.63 Å². The van der Waals surface area contributed by atoms with E-state index in [4.69, 9.17) is 9.52 Å². The molecule has 1 fully saturated rings. The van der Waals surface area contributed by atoms with Gasteiger partial charge in [-0.3, -0.25) is 4.79 Å². The Morgan fingerprint density at radius 3 is 2.90 bits per heavy atom. The van der Waals surface area contributed by atoms with Crippen LogP contribution in [0, 0.1) is 12.8 Å². The van der Waals surface area contributed by atoms with Gasteiger partial charge in [0.25, 0.3) is 5.91 Å². The second kappa shape index (κ2) is 5.33. The van der Waals surface area contributed by atoms with Crippen molar-refractivity contribution in [1.29, 1.82) is 0 Å². The lowest BCUT2D eigenvalue weighted by atomic mass is 10.1. The fraction of sp³-hybridized carbons (Fsp3) is 0.375. The number of amides is 1. The van der Waals surface area contributed by atoms with Gasteiger partial charge in [0.1, 0.15) is 11.1 Å². The zero-order valence-electron chi connectivity index (χ0n) is 11.8. The summed E-state index contributed by atoms with van der Waals surface area (Å²) in [4.78, 5) is 26.3. The van der Waals surface area contributed by atoms with Crippen molar-refractivity contribution in [2.24, 2.45) is 5.92 Å². The van der Waals surface area contributed by atoms with E-state index in [9.17, 15) is 9.59 Å². The lowest BCUT2D eigenvalue weighted by molar-refractivity contribution is 0.0777. The Kier molecular flexibility index (Phi) is 3.51. The molecule has 0 aliphatic carbocycles. The minimum atomic E-state index is -0.594. The van der Waals surface area contributed by atoms with Gasteiger partial charge < -0.3 is 14.4 Å². The lowest BCUT2D eigenvalue weighted by Crippen LogP contribution is -2.33. The number of benzene rings is 1. The SMILES string of the molecule is Cc1c(C(=O)N2CCC(CO)C2)c(=O)oc2ccccc12. The summed E-state index contributed by atoms with van der Waals surface area (Å²) in [6, 6.07) is 7.19. The van der Waals surface area contributed by atoms with Crippen molar-refractivity contribution in [1.82, 2.24) is 4.90 Å². The van der Waals surface area contributed by atoms with Gasteiger partial charge in [-0.2, -0.15) is 0 Å². The highest BCUT2D eigenvalue weighted by molar-refractivity contribution is 5.99. The maximum absolute atomic E-state index is 12.6. The van der Waals surface area contributed by atoms with Gasteiger partial charge in [-0.25, -0.2) is 4.79 Å². The number of aliphatic hydroxyl groups is 1. The van der Waals surface area contributed by atoms with E-state index in [0.717, 1.165) is 11.8 Å². The second-order valence-electron chi connectivity index (χ2n) is 5.47. The van der Waals surface area contributed by atoms with Gasteiger partial charge >= 0.3 is 5.63 Å². The van der Waals surface area contributed by atoms with Crippen LogP contribution in [0.3, 0.4) is 0 Å². The molecule has 1 aromatic heterocycles. The first kappa shape index (κ1) is 13.8. The number of nitrogens with zero attached hydrogens (tertiary/aromatic N) is 1. The minimum Gasteiger partial charge on any atom is -0.422 e. The zero-order chi connectivity index (χ0) is 15.0. The lowest BCUT2D eigenvalue weighted by Gasteiger charge is -2.17. The number of hydrogen-bond donors (Lipinski definition) is 1. The van der Waals surface area contributed by atoms with Crippen molar-refractivity contribution in [2.45, 2.75) is 13.3 Å². The van der Waals surface area contributed by atoms with Crippen LogP contribution in [0.15, 0.2) is 33.5 Å². The molecule has 2 heterocycles. The molecule has 3 rings (SSSR count). The number of fused-ring (bicyclic) bond motifs is 1. The van der Waals surface area contributed by atoms with E-state index in [1.807, 2.05) is 12.1 Å². The first-order chi connectivity index (χ1) is 10.1. The van der Waals surface area contributed by atoms with Crippen LogP contribution in [0.1, 0.15) is 22.3 Å². The smallest absolute Gasteiger partial charge is 0.349 e. The van der Waals surface area contributed by atoms with Crippen molar-refractivity contribution in [2.75, 3.05) is 19.7 Å². The Labute approximate surface area is 121 Å². The topological polar surface area (TPSA) is 70.8 Å². The van der Waals surface area contributed by atoms with Crippen LogP contribution in [0.5, 0.6) is 0 Å². The Balaban J connectivity index is 2.04. The monoisotopic (exact) mass is 287 g/mol. The number of aliphatic hydroxyl groups excluding tert-OH is 1. The number of carbonyl (C=O) groups excluding carboxylic acids is 1. The molecule has 1 unspecified atom stereocenters. The third-order valence-corrected chi connectivity index (χ3v) is 4.12. The molecule has 1 aliphatic heterocycles. The fourth-order valence-corrected chi connectivity index (χ4v) is 2.88. The summed E-state index contributed by atoms with van der Waals surface area (Å²) in [6.07, 6.45) is 0.764. The number of hydrogen-bond acceptors (Lipinski definition) is 4. The summed E-state index contributed by atoms with van der Waals surface area (Å²) < 4.78 is 5.26. The Bertz CT molecular complexity index is 750. The molecule has 1 N–H and O–H groups in total. The normalized spacial score (nSPS) is 18.4. The summed E-state index contributed by atoms with van der Waals surface area (Å²) in [5.74, 6) is -0.204. The molecule has 110 valence electrons. The Morgan fingerprint density at radius 1 is 1.43 bits per heavy atom. The molecule has 1 aliphatic rings. The Hall–Kier alpha value is -2.14. The summed E-state index contributed by atoms with van der Waals surface area (Å²) in [7, 11) is 0. The van der Waals surface area contributed by atoms with E-state index >= 15 is 0 Å². The maximum Gasteiger partial charge on any atom is 0.349 e. The minimum absolute atomic E-state index is 0.0646. The summed E-state index contributed by atoms with van der Waals surface area (Å²) in [5.41, 5.74) is 0.654. The van der Waals surface area contributed by atoms with Gasteiger partial charge in [0.05, 0.1) is 0 Å². The average molecular weight is 287 g/mol. The molecule has 2 aromatic rings. The molecule has 0 saturated carbocycles. The van der Waals surface area contributed by atoms with Gasteiger partial charge in [-0.1, -0.05) is 18.2 Å². The molecular formula is C16H17NO4. The van der Waals surface area contributed by atoms with Crippen molar-refractivity contribution < 1.29 is 14.3 Å². The molecule has 0 radical (unpaired) electrons. The van der Waals surface area contributed by atoms with E-state index in [0.29, 0.717) is 24.2 Å². The molecule has 1 atom stereocenters. The standard InChI is InChI=1S/C16H17NO4/c1-10-12-4-2-3-5-13(12)21-16(20)14(10)15(19)17-7-6-11(8-17)9-18/h2-5,11,18H,6-9H2,1H3. The number of aryl methyl sites for hydroxylation is 1. The third-order valence-electron chi connectivity index (χ3n) is 4.12. The summed E-state index contributed by atoms with van der Waals surface area (Å²) in [5, 5.41) is 9.94. The van der Waals surface area contributed by atoms with Crippen LogP contribution >= 0.6 is 0 Å². The quantitative estimate of drug-likeness (QED) is 0.851. The fourth-order valence-electron chi connectivity index (χ4n) is 2.88.